The molecule has 0 saturated heterocycles. The fraction of sp³-hybridized carbons (Fsp3) is 0.417. The Bertz CT molecular complexity index is 574. The van der Waals surface area contributed by atoms with Gasteiger partial charge in [0, 0.05) is 35.5 Å². The van der Waals surface area contributed by atoms with Crippen molar-refractivity contribution in [3.05, 3.63) is 28.0 Å². The first kappa shape index (κ1) is 16.8. The van der Waals surface area contributed by atoms with E-state index in [1.54, 1.807) is 26.0 Å². The number of carbonyl (C=O) groups is 1. The molecule has 0 radical (unpaired) electrons. The lowest BCUT2D eigenvalue weighted by atomic mass is 10.4. The predicted molar refractivity (Wildman–Crippen MR) is 79.7 cm³/mol. The molecule has 1 aromatic heterocycles. The highest BCUT2D eigenvalue weighted by Gasteiger charge is 2.17. The van der Waals surface area contributed by atoms with Crippen LogP contribution in [0.3, 0.4) is 0 Å². The second-order valence-corrected chi connectivity index (χ2v) is 6.84. The first-order chi connectivity index (χ1) is 9.39. The van der Waals surface area contributed by atoms with Gasteiger partial charge in [-0.25, -0.2) is 4.79 Å². The van der Waals surface area contributed by atoms with Crippen molar-refractivity contribution >= 4 is 33.6 Å². The number of nitrogens with one attached hydrogen (secondary N) is 1. The molecule has 0 aromatic carbocycles. The van der Waals surface area contributed by atoms with Crippen molar-refractivity contribution in [2.45, 2.75) is 20.4 Å². The van der Waals surface area contributed by atoms with Gasteiger partial charge in [-0.1, -0.05) is 13.8 Å². The Morgan fingerprint density at radius 1 is 1.40 bits per heavy atom. The maximum absolute atomic E-state index is 11.9. The Kier molecular flexibility index (Phi) is 6.34. The summed E-state index contributed by atoms with van der Waals surface area (Å²) < 4.78 is 27.7. The summed E-state index contributed by atoms with van der Waals surface area (Å²) in [5.41, 5.74) is 0. The molecule has 0 spiro atoms. The molecule has 0 saturated carbocycles. The van der Waals surface area contributed by atoms with E-state index < -0.39 is 16.2 Å². The molecule has 0 aliphatic heterocycles. The molecule has 6 nitrogen and oxygen atoms in total. The van der Waals surface area contributed by atoms with E-state index in [0.717, 1.165) is 15.8 Å². The van der Waals surface area contributed by atoms with Gasteiger partial charge in [-0.2, -0.15) is 17.4 Å². The summed E-state index contributed by atoms with van der Waals surface area (Å²) in [7, 11) is -3.46. The molecule has 0 aliphatic carbocycles. The summed E-state index contributed by atoms with van der Waals surface area (Å²) >= 11 is 1.35. The van der Waals surface area contributed by atoms with Crippen LogP contribution < -0.4 is 4.72 Å². The normalized spacial score (nSPS) is 12.3. The molecule has 0 aliphatic rings. The predicted octanol–water partition coefficient (Wildman–Crippen LogP) is 1.52. The molecular formula is C12H18N2O4S2. The number of thiophene rings is 1. The minimum Gasteiger partial charge on any atom is -0.478 e. The van der Waals surface area contributed by atoms with Gasteiger partial charge in [0.25, 0.3) is 10.2 Å². The van der Waals surface area contributed by atoms with E-state index in [-0.39, 0.29) is 6.54 Å². The summed E-state index contributed by atoms with van der Waals surface area (Å²) in [5, 5.41) is 8.53. The topological polar surface area (TPSA) is 86.7 Å². The number of aliphatic carboxylic acids is 1. The lowest BCUT2D eigenvalue weighted by molar-refractivity contribution is -0.131. The van der Waals surface area contributed by atoms with Gasteiger partial charge >= 0.3 is 5.97 Å². The van der Waals surface area contributed by atoms with Crippen molar-refractivity contribution in [2.24, 2.45) is 0 Å². The van der Waals surface area contributed by atoms with Crippen LogP contribution >= 0.6 is 11.3 Å². The number of carboxylic acid groups (broad SMARTS) is 1. The van der Waals surface area contributed by atoms with Crippen molar-refractivity contribution in [1.82, 2.24) is 9.03 Å². The van der Waals surface area contributed by atoms with E-state index in [2.05, 4.69) is 4.72 Å². The third kappa shape index (κ3) is 5.04. The third-order valence-corrected chi connectivity index (χ3v) is 5.30. The molecule has 0 amide bonds. The Morgan fingerprint density at radius 3 is 2.60 bits per heavy atom. The molecule has 8 heteroatoms. The highest BCUT2D eigenvalue weighted by Crippen LogP contribution is 2.18. The summed E-state index contributed by atoms with van der Waals surface area (Å²) in [6.45, 7) is 4.60. The van der Waals surface area contributed by atoms with Crippen LogP contribution in [0.4, 0.5) is 0 Å². The Labute approximate surface area is 122 Å². The number of rotatable bonds is 8. The zero-order chi connectivity index (χ0) is 15.2. The molecule has 0 fully saturated rings. The fourth-order valence-electron chi connectivity index (χ4n) is 1.55. The van der Waals surface area contributed by atoms with Gasteiger partial charge in [-0.3, -0.25) is 0 Å². The van der Waals surface area contributed by atoms with E-state index in [0.29, 0.717) is 13.1 Å². The van der Waals surface area contributed by atoms with Crippen molar-refractivity contribution in [3.63, 3.8) is 0 Å². The number of nitrogens with zero attached hydrogens (tertiary/aromatic N) is 1. The van der Waals surface area contributed by atoms with E-state index in [1.165, 1.54) is 21.7 Å². The van der Waals surface area contributed by atoms with Crippen LogP contribution in [-0.2, 0) is 21.5 Å². The maximum Gasteiger partial charge on any atom is 0.328 e. The van der Waals surface area contributed by atoms with E-state index in [9.17, 15) is 13.2 Å². The molecular weight excluding hydrogens is 300 g/mol. The van der Waals surface area contributed by atoms with E-state index in [1.807, 2.05) is 0 Å². The highest BCUT2D eigenvalue weighted by molar-refractivity contribution is 7.87. The van der Waals surface area contributed by atoms with Gasteiger partial charge in [0.1, 0.15) is 0 Å². The summed E-state index contributed by atoms with van der Waals surface area (Å²) in [4.78, 5) is 12.0. The smallest absolute Gasteiger partial charge is 0.328 e. The van der Waals surface area contributed by atoms with Crippen LogP contribution in [0.25, 0.3) is 6.08 Å². The molecule has 0 atom stereocenters. The van der Waals surface area contributed by atoms with E-state index in [4.69, 9.17) is 5.11 Å². The van der Waals surface area contributed by atoms with Gasteiger partial charge < -0.3 is 5.11 Å². The Hall–Kier alpha value is -1.22. The molecule has 0 unspecified atom stereocenters. The second kappa shape index (κ2) is 7.53. The maximum atomic E-state index is 11.9. The lowest BCUT2D eigenvalue weighted by Gasteiger charge is -2.18. The second-order valence-electron chi connectivity index (χ2n) is 3.89. The standard InChI is InChI=1S/C12H18N2O4S2/c1-3-14(4-2)20(17,18)13-9-11-6-5-10(19-11)7-8-12(15)16/h5-8,13H,3-4,9H2,1-2H3,(H,15,16). The highest BCUT2D eigenvalue weighted by atomic mass is 32.2. The zero-order valence-electron chi connectivity index (χ0n) is 11.4. The van der Waals surface area contributed by atoms with Crippen LogP contribution in [0.1, 0.15) is 23.6 Å². The molecule has 20 heavy (non-hydrogen) atoms. The first-order valence-electron chi connectivity index (χ1n) is 6.13. The third-order valence-electron chi connectivity index (χ3n) is 2.55. The van der Waals surface area contributed by atoms with Gasteiger partial charge in [0.2, 0.25) is 0 Å². The largest absolute Gasteiger partial charge is 0.478 e. The lowest BCUT2D eigenvalue weighted by Crippen LogP contribution is -2.39. The average molecular weight is 318 g/mol. The van der Waals surface area contributed by atoms with Gasteiger partial charge in [-0.15, -0.1) is 11.3 Å². The van der Waals surface area contributed by atoms with Crippen LogP contribution in [0, 0.1) is 0 Å². The average Bonchev–Trinajstić information content (AvgIpc) is 2.83. The molecule has 0 bridgehead atoms. The monoisotopic (exact) mass is 318 g/mol. The molecule has 1 aromatic rings. The Balaban J connectivity index is 2.65. The van der Waals surface area contributed by atoms with Crippen LogP contribution in [0.5, 0.6) is 0 Å². The molecule has 2 N–H and O–H groups in total. The van der Waals surface area contributed by atoms with Crippen molar-refractivity contribution in [3.8, 4) is 0 Å². The fourth-order valence-corrected chi connectivity index (χ4v) is 3.70. The summed E-state index contributed by atoms with van der Waals surface area (Å²) in [6.07, 6.45) is 2.53. The first-order valence-corrected chi connectivity index (χ1v) is 8.39. The molecule has 1 heterocycles. The van der Waals surface area contributed by atoms with Crippen LogP contribution in [0.15, 0.2) is 18.2 Å². The van der Waals surface area contributed by atoms with Gasteiger partial charge in [0.15, 0.2) is 0 Å². The van der Waals surface area contributed by atoms with E-state index >= 15 is 0 Å². The summed E-state index contributed by atoms with van der Waals surface area (Å²) in [5.74, 6) is -1.01. The SMILES string of the molecule is CCN(CC)S(=O)(=O)NCc1ccc(C=CC(=O)O)s1. The molecule has 1 rings (SSSR count). The number of hydrogen-bond acceptors (Lipinski definition) is 4. The van der Waals surface area contributed by atoms with Crippen LogP contribution in [-0.4, -0.2) is 36.9 Å². The zero-order valence-corrected chi connectivity index (χ0v) is 13.0. The van der Waals surface area contributed by atoms with Gasteiger partial charge in [-0.05, 0) is 18.2 Å². The quantitative estimate of drug-likeness (QED) is 0.712. The van der Waals surface area contributed by atoms with Crippen molar-refractivity contribution < 1.29 is 18.3 Å². The van der Waals surface area contributed by atoms with Gasteiger partial charge in [0.05, 0.1) is 0 Å². The minimum atomic E-state index is -3.46. The Morgan fingerprint density at radius 2 is 2.05 bits per heavy atom. The minimum absolute atomic E-state index is 0.199. The molecule has 112 valence electrons. The van der Waals surface area contributed by atoms with Crippen LogP contribution in [0.2, 0.25) is 0 Å². The number of carboxylic acids is 1. The van der Waals surface area contributed by atoms with Crippen molar-refractivity contribution in [1.29, 1.82) is 0 Å². The van der Waals surface area contributed by atoms with Crippen molar-refractivity contribution in [2.75, 3.05) is 13.1 Å². The number of hydrogen-bond donors (Lipinski definition) is 2. The summed E-state index contributed by atoms with van der Waals surface area (Å²) in [6, 6.07) is 3.53.